The Balaban J connectivity index is 1.48. The highest BCUT2D eigenvalue weighted by atomic mass is 32.1. The fourth-order valence-corrected chi connectivity index (χ4v) is 3.92. The number of hydrogen-bond acceptors (Lipinski definition) is 5. The van der Waals surface area contributed by atoms with Gasteiger partial charge in [-0.05, 0) is 50.2 Å². The lowest BCUT2D eigenvalue weighted by Crippen LogP contribution is -2.36. The van der Waals surface area contributed by atoms with Gasteiger partial charge in [-0.2, -0.15) is 0 Å². The average Bonchev–Trinajstić information content (AvgIpc) is 3.09. The largest absolute Gasteiger partial charge is 0.474 e. The fourth-order valence-electron chi connectivity index (χ4n) is 3.19. The molecule has 146 valence electrons. The zero-order valence-corrected chi connectivity index (χ0v) is 17.2. The summed E-state index contributed by atoms with van der Waals surface area (Å²) in [6, 6.07) is 4.02. The van der Waals surface area contributed by atoms with E-state index in [0.29, 0.717) is 19.2 Å². The molecule has 2 aromatic rings. The molecule has 0 spiro atoms. The van der Waals surface area contributed by atoms with Crippen LogP contribution >= 0.6 is 11.3 Å². The maximum atomic E-state index is 6.09. The summed E-state index contributed by atoms with van der Waals surface area (Å²) in [5.74, 6) is 2.29. The number of ether oxygens (including phenoxy) is 1. The van der Waals surface area contributed by atoms with E-state index in [9.17, 15) is 0 Å². The molecule has 0 radical (unpaired) electrons. The van der Waals surface area contributed by atoms with Crippen LogP contribution in [0.4, 0.5) is 0 Å². The predicted octanol–water partition coefficient (Wildman–Crippen LogP) is 3.67. The van der Waals surface area contributed by atoms with E-state index in [1.54, 1.807) is 18.4 Å². The van der Waals surface area contributed by atoms with Crippen molar-refractivity contribution in [1.29, 1.82) is 0 Å². The molecule has 0 amide bonds. The monoisotopic (exact) mass is 387 g/mol. The second kappa shape index (κ2) is 9.69. The number of thiazole rings is 1. The summed E-state index contributed by atoms with van der Waals surface area (Å²) in [6.45, 7) is 5.71. The number of rotatable bonds is 6. The molecule has 7 heteroatoms. The first-order valence-corrected chi connectivity index (χ1v) is 10.4. The number of nitrogens with zero attached hydrogens (tertiary/aromatic N) is 3. The van der Waals surface area contributed by atoms with Gasteiger partial charge in [-0.15, -0.1) is 11.3 Å². The molecule has 0 saturated heterocycles. The Hall–Kier alpha value is -2.15. The van der Waals surface area contributed by atoms with Crippen LogP contribution < -0.4 is 15.4 Å². The summed E-state index contributed by atoms with van der Waals surface area (Å²) in [5.41, 5.74) is 1.12. The van der Waals surface area contributed by atoms with Gasteiger partial charge in [0, 0.05) is 36.9 Å². The van der Waals surface area contributed by atoms with Gasteiger partial charge >= 0.3 is 0 Å². The molecule has 1 saturated carbocycles. The standard InChI is InChI=1S/C20H29N5OS/c1-14-4-6-17(7-5-14)26-18-10-16(8-9-22-18)12-24-20(21-3)25-13-19-23-11-15(2)27-19/h8-11,14,17H,4-7,12-13H2,1-3H3,(H2,21,24,25). The Labute approximate surface area is 165 Å². The summed E-state index contributed by atoms with van der Waals surface area (Å²) in [6.07, 6.45) is 8.73. The number of aliphatic imine (C=N–C) groups is 1. The van der Waals surface area contributed by atoms with Crippen LogP contribution in [0, 0.1) is 12.8 Å². The van der Waals surface area contributed by atoms with E-state index in [-0.39, 0.29) is 0 Å². The second-order valence-corrected chi connectivity index (χ2v) is 8.47. The molecule has 1 fully saturated rings. The first kappa shape index (κ1) is 19.6. The highest BCUT2D eigenvalue weighted by molar-refractivity contribution is 7.11. The third-order valence-corrected chi connectivity index (χ3v) is 5.72. The molecule has 3 rings (SSSR count). The van der Waals surface area contributed by atoms with Crippen LogP contribution in [0.2, 0.25) is 0 Å². The van der Waals surface area contributed by atoms with Crippen molar-refractivity contribution in [1.82, 2.24) is 20.6 Å². The van der Waals surface area contributed by atoms with Crippen molar-refractivity contribution in [2.24, 2.45) is 10.9 Å². The van der Waals surface area contributed by atoms with E-state index in [1.807, 2.05) is 24.5 Å². The van der Waals surface area contributed by atoms with Crippen LogP contribution in [0.15, 0.2) is 29.5 Å². The SMILES string of the molecule is CN=C(NCc1ccnc(OC2CCC(C)CC2)c1)NCc1ncc(C)s1. The van der Waals surface area contributed by atoms with Gasteiger partial charge in [0.2, 0.25) is 5.88 Å². The lowest BCUT2D eigenvalue weighted by atomic mass is 9.89. The summed E-state index contributed by atoms with van der Waals surface area (Å²) >= 11 is 1.69. The number of pyridine rings is 1. The molecule has 1 aliphatic rings. The van der Waals surface area contributed by atoms with E-state index < -0.39 is 0 Å². The zero-order valence-electron chi connectivity index (χ0n) is 16.4. The van der Waals surface area contributed by atoms with Crippen molar-refractivity contribution in [3.8, 4) is 5.88 Å². The van der Waals surface area contributed by atoms with E-state index in [2.05, 4.69) is 39.4 Å². The number of nitrogens with one attached hydrogen (secondary N) is 2. The van der Waals surface area contributed by atoms with E-state index >= 15 is 0 Å². The fraction of sp³-hybridized carbons (Fsp3) is 0.550. The molecule has 27 heavy (non-hydrogen) atoms. The molecule has 2 aromatic heterocycles. The highest BCUT2D eigenvalue weighted by Crippen LogP contribution is 2.26. The smallest absolute Gasteiger partial charge is 0.213 e. The first-order valence-electron chi connectivity index (χ1n) is 9.60. The molecule has 0 aromatic carbocycles. The normalized spacial score (nSPS) is 20.3. The molecule has 2 heterocycles. The summed E-state index contributed by atoms with van der Waals surface area (Å²) in [7, 11) is 1.77. The maximum absolute atomic E-state index is 6.09. The Bertz CT molecular complexity index is 752. The van der Waals surface area contributed by atoms with E-state index in [4.69, 9.17) is 4.74 Å². The second-order valence-electron chi connectivity index (χ2n) is 7.15. The van der Waals surface area contributed by atoms with Gasteiger partial charge < -0.3 is 15.4 Å². The average molecular weight is 388 g/mol. The lowest BCUT2D eigenvalue weighted by molar-refractivity contribution is 0.130. The lowest BCUT2D eigenvalue weighted by Gasteiger charge is -2.26. The summed E-state index contributed by atoms with van der Waals surface area (Å²) in [4.78, 5) is 14.2. The minimum atomic E-state index is 0.299. The molecule has 1 aliphatic carbocycles. The van der Waals surface area contributed by atoms with Gasteiger partial charge in [0.15, 0.2) is 5.96 Å². The van der Waals surface area contributed by atoms with Crippen molar-refractivity contribution in [2.45, 2.75) is 58.7 Å². The maximum Gasteiger partial charge on any atom is 0.213 e. The molecule has 2 N–H and O–H groups in total. The number of aromatic nitrogens is 2. The van der Waals surface area contributed by atoms with Gasteiger partial charge in [-0.1, -0.05) is 6.92 Å². The minimum absolute atomic E-state index is 0.299. The number of aryl methyl sites for hydroxylation is 1. The van der Waals surface area contributed by atoms with E-state index in [1.165, 1.54) is 17.7 Å². The predicted molar refractivity (Wildman–Crippen MR) is 110 cm³/mol. The first-order chi connectivity index (χ1) is 13.1. The molecule has 6 nitrogen and oxygen atoms in total. The third kappa shape index (κ3) is 6.20. The highest BCUT2D eigenvalue weighted by Gasteiger charge is 2.19. The van der Waals surface area contributed by atoms with Crippen LogP contribution in [0.5, 0.6) is 5.88 Å². The summed E-state index contributed by atoms with van der Waals surface area (Å²) < 4.78 is 6.09. The Morgan fingerprint density at radius 3 is 2.70 bits per heavy atom. The number of hydrogen-bond donors (Lipinski definition) is 2. The van der Waals surface area contributed by atoms with Crippen LogP contribution in [0.1, 0.15) is 48.1 Å². The molecule has 0 unspecified atom stereocenters. The molecule has 0 bridgehead atoms. The van der Waals surface area contributed by atoms with Crippen molar-refractivity contribution >= 4 is 17.3 Å². The van der Waals surface area contributed by atoms with Crippen LogP contribution in [0.25, 0.3) is 0 Å². The van der Waals surface area contributed by atoms with Crippen LogP contribution in [0.3, 0.4) is 0 Å². The van der Waals surface area contributed by atoms with Crippen LogP contribution in [-0.4, -0.2) is 29.1 Å². The molecular formula is C20H29N5OS. The zero-order chi connectivity index (χ0) is 19.1. The van der Waals surface area contributed by atoms with Gasteiger partial charge in [-0.3, -0.25) is 4.99 Å². The Morgan fingerprint density at radius 2 is 2.00 bits per heavy atom. The van der Waals surface area contributed by atoms with Crippen molar-refractivity contribution in [2.75, 3.05) is 7.05 Å². The molecule has 0 aliphatic heterocycles. The van der Waals surface area contributed by atoms with Crippen LogP contribution in [-0.2, 0) is 13.1 Å². The van der Waals surface area contributed by atoms with Gasteiger partial charge in [-0.25, -0.2) is 9.97 Å². The minimum Gasteiger partial charge on any atom is -0.474 e. The molecular weight excluding hydrogens is 358 g/mol. The topological polar surface area (TPSA) is 71.4 Å². The Kier molecular flexibility index (Phi) is 7.04. The van der Waals surface area contributed by atoms with Gasteiger partial charge in [0.25, 0.3) is 0 Å². The molecule has 0 atom stereocenters. The number of guanidine groups is 1. The van der Waals surface area contributed by atoms with Gasteiger partial charge in [0.1, 0.15) is 11.1 Å². The van der Waals surface area contributed by atoms with Gasteiger partial charge in [0.05, 0.1) is 6.54 Å². The third-order valence-electron chi connectivity index (χ3n) is 4.81. The van der Waals surface area contributed by atoms with Crippen molar-refractivity contribution in [3.05, 3.63) is 40.0 Å². The quantitative estimate of drug-likeness (QED) is 0.584. The summed E-state index contributed by atoms with van der Waals surface area (Å²) in [5, 5.41) is 7.68. The van der Waals surface area contributed by atoms with Crippen molar-refractivity contribution in [3.63, 3.8) is 0 Å². The van der Waals surface area contributed by atoms with E-state index in [0.717, 1.165) is 41.2 Å². The van der Waals surface area contributed by atoms with Crippen molar-refractivity contribution < 1.29 is 4.74 Å². The Morgan fingerprint density at radius 1 is 1.22 bits per heavy atom.